The van der Waals surface area contributed by atoms with Gasteiger partial charge >= 0.3 is 0 Å². The van der Waals surface area contributed by atoms with Gasteiger partial charge in [0.05, 0.1) is 13.7 Å². The van der Waals surface area contributed by atoms with Crippen molar-refractivity contribution >= 4 is 11.6 Å². The first kappa shape index (κ1) is 19.2. The Morgan fingerprint density at radius 3 is 2.56 bits per heavy atom. The molecule has 1 fully saturated rings. The Morgan fingerprint density at radius 2 is 1.81 bits per heavy atom. The van der Waals surface area contributed by atoms with Crippen LogP contribution in [-0.4, -0.2) is 50.6 Å². The van der Waals surface area contributed by atoms with E-state index in [4.69, 9.17) is 4.74 Å². The Kier molecular flexibility index (Phi) is 6.71. The van der Waals surface area contributed by atoms with Gasteiger partial charge in [0, 0.05) is 38.4 Å². The summed E-state index contributed by atoms with van der Waals surface area (Å²) in [6.45, 7) is 6.91. The van der Waals surface area contributed by atoms with Crippen molar-refractivity contribution in [3.8, 4) is 5.75 Å². The molecule has 1 aliphatic rings. The van der Waals surface area contributed by atoms with Gasteiger partial charge in [0.25, 0.3) is 0 Å². The maximum atomic E-state index is 12.3. The number of hydrogen-bond donors (Lipinski definition) is 1. The van der Waals surface area contributed by atoms with Crippen LogP contribution >= 0.6 is 0 Å². The van der Waals surface area contributed by atoms with Gasteiger partial charge in [-0.1, -0.05) is 24.3 Å². The molecule has 5 heteroatoms. The summed E-state index contributed by atoms with van der Waals surface area (Å²) in [5, 5.41) is 3.05. The normalized spacial score (nSPS) is 15.3. The zero-order chi connectivity index (χ0) is 19.1. The minimum Gasteiger partial charge on any atom is -0.497 e. The number of carbonyl (C=O) groups is 1. The predicted octanol–water partition coefficient (Wildman–Crippen LogP) is 2.83. The number of benzene rings is 2. The van der Waals surface area contributed by atoms with Gasteiger partial charge in [-0.3, -0.25) is 9.69 Å². The summed E-state index contributed by atoms with van der Waals surface area (Å²) in [4.78, 5) is 17.0. The van der Waals surface area contributed by atoms with E-state index in [9.17, 15) is 4.79 Å². The molecular formula is C22H29N3O2. The first-order valence-corrected chi connectivity index (χ1v) is 9.58. The zero-order valence-corrected chi connectivity index (χ0v) is 16.3. The molecular weight excluding hydrogens is 338 g/mol. The molecule has 144 valence electrons. The van der Waals surface area contributed by atoms with Crippen LogP contribution in [0, 0.1) is 6.92 Å². The Labute approximate surface area is 161 Å². The third kappa shape index (κ3) is 5.47. The number of methoxy groups -OCH3 is 1. The molecule has 3 rings (SSSR count). The highest BCUT2D eigenvalue weighted by Gasteiger charge is 2.17. The summed E-state index contributed by atoms with van der Waals surface area (Å²) in [6, 6.07) is 16.4. The van der Waals surface area contributed by atoms with Crippen LogP contribution in [0.15, 0.2) is 48.5 Å². The summed E-state index contributed by atoms with van der Waals surface area (Å²) >= 11 is 0. The molecule has 1 saturated heterocycles. The Balaban J connectivity index is 1.47. The molecule has 5 nitrogen and oxygen atoms in total. The number of carbonyl (C=O) groups excluding carboxylic acids is 1. The van der Waals surface area contributed by atoms with Gasteiger partial charge in [-0.2, -0.15) is 0 Å². The number of nitrogens with zero attached hydrogens (tertiary/aromatic N) is 2. The lowest BCUT2D eigenvalue weighted by Crippen LogP contribution is -2.39. The highest BCUT2D eigenvalue weighted by atomic mass is 16.5. The lowest BCUT2D eigenvalue weighted by atomic mass is 10.1. The maximum Gasteiger partial charge on any atom is 0.234 e. The lowest BCUT2D eigenvalue weighted by Gasteiger charge is -2.23. The van der Waals surface area contributed by atoms with Crippen molar-refractivity contribution in [2.24, 2.45) is 0 Å². The first-order valence-electron chi connectivity index (χ1n) is 9.58. The van der Waals surface area contributed by atoms with Gasteiger partial charge in [-0.25, -0.2) is 0 Å². The Morgan fingerprint density at radius 1 is 1.04 bits per heavy atom. The quantitative estimate of drug-likeness (QED) is 0.853. The fourth-order valence-corrected chi connectivity index (χ4v) is 3.44. The summed E-state index contributed by atoms with van der Waals surface area (Å²) in [7, 11) is 1.68. The number of rotatable bonds is 6. The Hall–Kier alpha value is -2.53. The van der Waals surface area contributed by atoms with Gasteiger partial charge in [-0.15, -0.1) is 0 Å². The maximum absolute atomic E-state index is 12.3. The minimum atomic E-state index is 0.0937. The highest BCUT2D eigenvalue weighted by molar-refractivity contribution is 5.78. The van der Waals surface area contributed by atoms with E-state index in [1.54, 1.807) is 7.11 Å². The number of anilines is 1. The van der Waals surface area contributed by atoms with Crippen LogP contribution in [0.4, 0.5) is 5.69 Å². The van der Waals surface area contributed by atoms with E-state index in [1.165, 1.54) is 16.8 Å². The summed E-state index contributed by atoms with van der Waals surface area (Å²) in [5.74, 6) is 0.969. The standard InChI is InChI=1S/C22H29N3O2/c1-18-6-3-4-7-19(18)16-23-22(26)17-24-12-5-13-25(15-14-24)20-8-10-21(27-2)11-9-20/h3-4,6-11H,5,12-17H2,1-2H3,(H,23,26). The molecule has 0 spiro atoms. The van der Waals surface area contributed by atoms with Crippen molar-refractivity contribution in [2.75, 3.05) is 44.7 Å². The van der Waals surface area contributed by atoms with E-state index < -0.39 is 0 Å². The van der Waals surface area contributed by atoms with E-state index in [-0.39, 0.29) is 5.91 Å². The van der Waals surface area contributed by atoms with Crippen LogP contribution in [0.3, 0.4) is 0 Å². The molecule has 0 aliphatic carbocycles. The second-order valence-electron chi connectivity index (χ2n) is 7.02. The largest absolute Gasteiger partial charge is 0.497 e. The third-order valence-corrected chi connectivity index (χ3v) is 5.13. The topological polar surface area (TPSA) is 44.8 Å². The minimum absolute atomic E-state index is 0.0937. The van der Waals surface area contributed by atoms with Crippen molar-refractivity contribution in [3.63, 3.8) is 0 Å². The van der Waals surface area contributed by atoms with Gasteiger partial charge in [0.1, 0.15) is 5.75 Å². The molecule has 1 aliphatic heterocycles. The molecule has 0 saturated carbocycles. The lowest BCUT2D eigenvalue weighted by molar-refractivity contribution is -0.122. The molecule has 0 radical (unpaired) electrons. The SMILES string of the molecule is COc1ccc(N2CCCN(CC(=O)NCc3ccccc3C)CC2)cc1. The number of ether oxygens (including phenoxy) is 1. The first-order chi connectivity index (χ1) is 13.2. The molecule has 1 heterocycles. The average Bonchev–Trinajstić information content (AvgIpc) is 2.93. The van der Waals surface area contributed by atoms with E-state index >= 15 is 0 Å². The van der Waals surface area contributed by atoms with E-state index in [2.05, 4.69) is 46.3 Å². The molecule has 1 N–H and O–H groups in total. The molecule has 2 aromatic rings. The smallest absolute Gasteiger partial charge is 0.234 e. The van der Waals surface area contributed by atoms with Crippen molar-refractivity contribution < 1.29 is 9.53 Å². The summed E-state index contributed by atoms with van der Waals surface area (Å²) in [6.07, 6.45) is 1.05. The van der Waals surface area contributed by atoms with Gasteiger partial charge < -0.3 is 15.0 Å². The highest BCUT2D eigenvalue weighted by Crippen LogP contribution is 2.20. The van der Waals surface area contributed by atoms with Gasteiger partial charge in [0.15, 0.2) is 0 Å². The molecule has 0 bridgehead atoms. The van der Waals surface area contributed by atoms with Crippen molar-refractivity contribution in [1.29, 1.82) is 0 Å². The van der Waals surface area contributed by atoms with Crippen LogP contribution in [-0.2, 0) is 11.3 Å². The average molecular weight is 367 g/mol. The molecule has 0 atom stereocenters. The van der Waals surface area contributed by atoms with Crippen LogP contribution in [0.5, 0.6) is 5.75 Å². The van der Waals surface area contributed by atoms with E-state index in [0.29, 0.717) is 13.1 Å². The van der Waals surface area contributed by atoms with Crippen molar-refractivity contribution in [1.82, 2.24) is 10.2 Å². The van der Waals surface area contributed by atoms with Crippen LogP contribution < -0.4 is 15.0 Å². The number of hydrogen-bond acceptors (Lipinski definition) is 4. The van der Waals surface area contributed by atoms with Crippen molar-refractivity contribution in [3.05, 3.63) is 59.7 Å². The van der Waals surface area contributed by atoms with E-state index in [0.717, 1.165) is 38.3 Å². The van der Waals surface area contributed by atoms with Crippen LogP contribution in [0.1, 0.15) is 17.5 Å². The predicted molar refractivity (Wildman–Crippen MR) is 109 cm³/mol. The molecule has 27 heavy (non-hydrogen) atoms. The fourth-order valence-electron chi connectivity index (χ4n) is 3.44. The number of aryl methyl sites for hydroxylation is 1. The van der Waals surface area contributed by atoms with Gasteiger partial charge in [0.2, 0.25) is 5.91 Å². The molecule has 1 amide bonds. The number of amides is 1. The number of nitrogens with one attached hydrogen (secondary N) is 1. The zero-order valence-electron chi connectivity index (χ0n) is 16.3. The molecule has 0 unspecified atom stereocenters. The second kappa shape index (κ2) is 9.42. The second-order valence-corrected chi connectivity index (χ2v) is 7.02. The monoisotopic (exact) mass is 367 g/mol. The Bertz CT molecular complexity index is 745. The van der Waals surface area contributed by atoms with E-state index in [1.807, 2.05) is 24.3 Å². The molecule has 0 aromatic heterocycles. The summed E-state index contributed by atoms with van der Waals surface area (Å²) < 4.78 is 5.23. The fraction of sp³-hybridized carbons (Fsp3) is 0.409. The van der Waals surface area contributed by atoms with Crippen molar-refractivity contribution in [2.45, 2.75) is 19.9 Å². The summed E-state index contributed by atoms with van der Waals surface area (Å²) in [5.41, 5.74) is 3.59. The van der Waals surface area contributed by atoms with Gasteiger partial charge in [-0.05, 0) is 48.7 Å². The van der Waals surface area contributed by atoms with Crippen LogP contribution in [0.2, 0.25) is 0 Å². The molecule has 2 aromatic carbocycles. The third-order valence-electron chi connectivity index (χ3n) is 5.13. The van der Waals surface area contributed by atoms with Crippen LogP contribution in [0.25, 0.3) is 0 Å².